The first-order valence-corrected chi connectivity index (χ1v) is 6.51. The van der Waals surface area contributed by atoms with Crippen LogP contribution in [-0.4, -0.2) is 24.3 Å². The summed E-state index contributed by atoms with van der Waals surface area (Å²) < 4.78 is 6.26. The molecule has 0 amide bonds. The lowest BCUT2D eigenvalue weighted by atomic mass is 9.86. The van der Waals surface area contributed by atoms with Crippen LogP contribution in [0.25, 0.3) is 0 Å². The summed E-state index contributed by atoms with van der Waals surface area (Å²) in [5.41, 5.74) is 1.05. The predicted octanol–water partition coefficient (Wildman–Crippen LogP) is 2.73. The number of benzene rings is 1. The van der Waals surface area contributed by atoms with E-state index in [1.165, 1.54) is 0 Å². The number of hydrogen-bond acceptors (Lipinski definition) is 2. The van der Waals surface area contributed by atoms with E-state index in [9.17, 15) is 9.90 Å². The number of aliphatic carboxylic acids is 1. The Morgan fingerprint density at radius 3 is 2.88 bits per heavy atom. The zero-order chi connectivity index (χ0) is 12.3. The largest absolute Gasteiger partial charge is 0.481 e. The van der Waals surface area contributed by atoms with Gasteiger partial charge in [-0.2, -0.15) is 0 Å². The Kier molecular flexibility index (Phi) is 4.18. The number of carbonyl (C=O) groups is 1. The maximum atomic E-state index is 11.3. The SMILES string of the molecule is O=C(O)C(Cc1ccccc1Br)C1CCOC1. The van der Waals surface area contributed by atoms with Gasteiger partial charge in [0.2, 0.25) is 0 Å². The Bertz CT molecular complexity index is 399. The van der Waals surface area contributed by atoms with E-state index in [4.69, 9.17) is 4.74 Å². The third kappa shape index (κ3) is 3.07. The Hall–Kier alpha value is -0.870. The van der Waals surface area contributed by atoms with Crippen LogP contribution in [0.4, 0.5) is 0 Å². The highest BCUT2D eigenvalue weighted by Crippen LogP contribution is 2.28. The molecule has 1 fully saturated rings. The number of halogens is 1. The Labute approximate surface area is 109 Å². The number of ether oxygens (including phenoxy) is 1. The summed E-state index contributed by atoms with van der Waals surface area (Å²) in [6, 6.07) is 7.78. The van der Waals surface area contributed by atoms with Crippen LogP contribution in [0, 0.1) is 11.8 Å². The third-order valence-electron chi connectivity index (χ3n) is 3.25. The van der Waals surface area contributed by atoms with Gasteiger partial charge < -0.3 is 9.84 Å². The minimum atomic E-state index is -0.726. The summed E-state index contributed by atoms with van der Waals surface area (Å²) in [5, 5.41) is 9.32. The minimum Gasteiger partial charge on any atom is -0.481 e. The monoisotopic (exact) mass is 298 g/mol. The van der Waals surface area contributed by atoms with E-state index in [0.29, 0.717) is 19.6 Å². The Morgan fingerprint density at radius 2 is 2.29 bits per heavy atom. The summed E-state index contributed by atoms with van der Waals surface area (Å²) in [4.78, 5) is 11.3. The zero-order valence-corrected chi connectivity index (χ0v) is 11.0. The van der Waals surface area contributed by atoms with E-state index in [2.05, 4.69) is 15.9 Å². The average molecular weight is 299 g/mol. The highest BCUT2D eigenvalue weighted by Gasteiger charge is 2.31. The van der Waals surface area contributed by atoms with Crippen molar-refractivity contribution in [2.24, 2.45) is 11.8 Å². The van der Waals surface area contributed by atoms with Crippen LogP contribution in [0.3, 0.4) is 0 Å². The molecule has 1 N–H and O–H groups in total. The number of carboxylic acids is 1. The summed E-state index contributed by atoms with van der Waals surface area (Å²) in [5.74, 6) is -0.938. The lowest BCUT2D eigenvalue weighted by molar-refractivity contribution is -0.143. The van der Waals surface area contributed by atoms with Crippen molar-refractivity contribution < 1.29 is 14.6 Å². The van der Waals surface area contributed by atoms with Crippen LogP contribution in [0.5, 0.6) is 0 Å². The highest BCUT2D eigenvalue weighted by molar-refractivity contribution is 9.10. The van der Waals surface area contributed by atoms with Crippen molar-refractivity contribution >= 4 is 21.9 Å². The van der Waals surface area contributed by atoms with Crippen molar-refractivity contribution in [3.63, 3.8) is 0 Å². The van der Waals surface area contributed by atoms with Gasteiger partial charge in [-0.15, -0.1) is 0 Å². The van der Waals surface area contributed by atoms with Crippen LogP contribution in [0.2, 0.25) is 0 Å². The van der Waals surface area contributed by atoms with Crippen LogP contribution in [0.1, 0.15) is 12.0 Å². The van der Waals surface area contributed by atoms with Gasteiger partial charge >= 0.3 is 5.97 Å². The van der Waals surface area contributed by atoms with E-state index >= 15 is 0 Å². The van der Waals surface area contributed by atoms with Crippen molar-refractivity contribution in [2.75, 3.05) is 13.2 Å². The van der Waals surface area contributed by atoms with Gasteiger partial charge in [0.25, 0.3) is 0 Å². The van der Waals surface area contributed by atoms with Gasteiger partial charge in [-0.25, -0.2) is 0 Å². The lowest BCUT2D eigenvalue weighted by Crippen LogP contribution is -2.26. The van der Waals surface area contributed by atoms with Crippen molar-refractivity contribution in [3.05, 3.63) is 34.3 Å². The standard InChI is InChI=1S/C13H15BrO3/c14-12-4-2-1-3-9(12)7-11(13(15)16)10-5-6-17-8-10/h1-4,10-11H,5-8H2,(H,15,16). The van der Waals surface area contributed by atoms with Crippen LogP contribution >= 0.6 is 15.9 Å². The fourth-order valence-electron chi connectivity index (χ4n) is 2.23. The molecule has 1 heterocycles. The first-order valence-electron chi connectivity index (χ1n) is 5.72. The quantitative estimate of drug-likeness (QED) is 0.930. The molecule has 1 aromatic carbocycles. The molecule has 92 valence electrons. The van der Waals surface area contributed by atoms with Crippen molar-refractivity contribution in [1.29, 1.82) is 0 Å². The molecule has 0 saturated carbocycles. The minimum absolute atomic E-state index is 0.139. The van der Waals surface area contributed by atoms with Crippen molar-refractivity contribution in [1.82, 2.24) is 0 Å². The molecule has 17 heavy (non-hydrogen) atoms. The molecule has 2 unspecified atom stereocenters. The van der Waals surface area contributed by atoms with Gasteiger partial charge in [-0.1, -0.05) is 34.1 Å². The van der Waals surface area contributed by atoms with E-state index < -0.39 is 5.97 Å². The summed E-state index contributed by atoms with van der Waals surface area (Å²) in [6.07, 6.45) is 1.41. The summed E-state index contributed by atoms with van der Waals surface area (Å²) >= 11 is 3.46. The first kappa shape index (κ1) is 12.6. The molecule has 0 radical (unpaired) electrons. The van der Waals surface area contributed by atoms with Gasteiger partial charge in [0.05, 0.1) is 12.5 Å². The molecule has 0 aliphatic carbocycles. The molecule has 1 aromatic rings. The molecule has 1 aliphatic heterocycles. The van der Waals surface area contributed by atoms with Gasteiger partial charge in [-0.3, -0.25) is 4.79 Å². The van der Waals surface area contributed by atoms with Crippen LogP contribution in [-0.2, 0) is 16.0 Å². The predicted molar refractivity (Wildman–Crippen MR) is 67.9 cm³/mol. The third-order valence-corrected chi connectivity index (χ3v) is 4.02. The number of hydrogen-bond donors (Lipinski definition) is 1. The topological polar surface area (TPSA) is 46.5 Å². The number of rotatable bonds is 4. The molecule has 0 spiro atoms. The molecular formula is C13H15BrO3. The highest BCUT2D eigenvalue weighted by atomic mass is 79.9. The first-order chi connectivity index (χ1) is 8.18. The van der Waals surface area contributed by atoms with E-state index in [-0.39, 0.29) is 11.8 Å². The van der Waals surface area contributed by atoms with E-state index in [0.717, 1.165) is 16.5 Å². The summed E-state index contributed by atoms with van der Waals surface area (Å²) in [6.45, 7) is 1.26. The van der Waals surface area contributed by atoms with Gasteiger partial charge in [0.15, 0.2) is 0 Å². The van der Waals surface area contributed by atoms with Crippen molar-refractivity contribution in [3.8, 4) is 0 Å². The second kappa shape index (κ2) is 5.65. The molecule has 0 aromatic heterocycles. The Morgan fingerprint density at radius 1 is 1.53 bits per heavy atom. The van der Waals surface area contributed by atoms with Crippen LogP contribution in [0.15, 0.2) is 28.7 Å². The lowest BCUT2D eigenvalue weighted by Gasteiger charge is -2.18. The number of carboxylic acid groups (broad SMARTS) is 1. The maximum Gasteiger partial charge on any atom is 0.307 e. The Balaban J connectivity index is 2.12. The normalized spacial score (nSPS) is 21.4. The second-order valence-electron chi connectivity index (χ2n) is 4.36. The fraction of sp³-hybridized carbons (Fsp3) is 0.462. The molecule has 1 saturated heterocycles. The van der Waals surface area contributed by atoms with Gasteiger partial charge in [0.1, 0.15) is 0 Å². The fourth-order valence-corrected chi connectivity index (χ4v) is 2.67. The molecule has 1 aliphatic rings. The van der Waals surface area contributed by atoms with Gasteiger partial charge in [0, 0.05) is 11.1 Å². The molecule has 2 atom stereocenters. The summed E-state index contributed by atoms with van der Waals surface area (Å²) in [7, 11) is 0. The smallest absolute Gasteiger partial charge is 0.307 e. The van der Waals surface area contributed by atoms with Crippen LogP contribution < -0.4 is 0 Å². The molecule has 0 bridgehead atoms. The van der Waals surface area contributed by atoms with E-state index in [1.54, 1.807) is 0 Å². The van der Waals surface area contributed by atoms with E-state index in [1.807, 2.05) is 24.3 Å². The second-order valence-corrected chi connectivity index (χ2v) is 5.22. The molecular weight excluding hydrogens is 284 g/mol. The molecule has 4 heteroatoms. The van der Waals surface area contributed by atoms with Crippen molar-refractivity contribution in [2.45, 2.75) is 12.8 Å². The molecule has 2 rings (SSSR count). The molecule has 3 nitrogen and oxygen atoms in total. The maximum absolute atomic E-state index is 11.3. The van der Waals surface area contributed by atoms with Gasteiger partial charge in [-0.05, 0) is 30.4 Å². The average Bonchev–Trinajstić information content (AvgIpc) is 2.81. The zero-order valence-electron chi connectivity index (χ0n) is 9.43.